The molecule has 0 aromatic heterocycles. The van der Waals surface area contributed by atoms with Crippen LogP contribution in [0.4, 0.5) is 0 Å². The number of hydrogen-bond donors (Lipinski definition) is 1. The van der Waals surface area contributed by atoms with Crippen LogP contribution in [-0.2, 0) is 0 Å². The van der Waals surface area contributed by atoms with E-state index in [2.05, 4.69) is 36.5 Å². The molecular weight excluding hydrogens is 202 g/mol. The predicted molar refractivity (Wildman–Crippen MR) is 67.5 cm³/mol. The van der Waals surface area contributed by atoms with Gasteiger partial charge in [-0.1, -0.05) is 18.2 Å². The topological polar surface area (TPSA) is 12.0 Å². The van der Waals surface area contributed by atoms with Crippen LogP contribution in [0.2, 0.25) is 0 Å². The van der Waals surface area contributed by atoms with E-state index in [1.165, 1.54) is 42.0 Å². The highest BCUT2D eigenvalue weighted by Crippen LogP contribution is 2.23. The lowest BCUT2D eigenvalue weighted by molar-refractivity contribution is 0.592. The Balaban J connectivity index is 1.75. The summed E-state index contributed by atoms with van der Waals surface area (Å²) in [5, 5.41) is 3.54. The highest BCUT2D eigenvalue weighted by molar-refractivity contribution is 7.99. The first-order chi connectivity index (χ1) is 7.36. The monoisotopic (exact) mass is 221 g/mol. The molecule has 1 aromatic rings. The van der Waals surface area contributed by atoms with Crippen LogP contribution in [0.1, 0.15) is 24.8 Å². The van der Waals surface area contributed by atoms with Gasteiger partial charge in [0, 0.05) is 10.9 Å². The van der Waals surface area contributed by atoms with Crippen LogP contribution in [0.5, 0.6) is 0 Å². The fourth-order valence-electron chi connectivity index (χ4n) is 2.03. The zero-order valence-corrected chi connectivity index (χ0v) is 10.1. The van der Waals surface area contributed by atoms with E-state index in [4.69, 9.17) is 0 Å². The Hall–Kier alpha value is -0.470. The molecule has 15 heavy (non-hydrogen) atoms. The Bertz CT molecular complexity index is 305. The summed E-state index contributed by atoms with van der Waals surface area (Å²) in [4.78, 5) is 1.44. The molecule has 0 aliphatic carbocycles. The van der Waals surface area contributed by atoms with Gasteiger partial charge >= 0.3 is 0 Å². The van der Waals surface area contributed by atoms with Gasteiger partial charge < -0.3 is 5.32 Å². The van der Waals surface area contributed by atoms with Crippen LogP contribution in [-0.4, -0.2) is 18.3 Å². The van der Waals surface area contributed by atoms with Crippen LogP contribution in [0.25, 0.3) is 0 Å². The van der Waals surface area contributed by atoms with Gasteiger partial charge in [0.1, 0.15) is 0 Å². The second kappa shape index (κ2) is 5.57. The quantitative estimate of drug-likeness (QED) is 0.783. The Morgan fingerprint density at radius 2 is 2.27 bits per heavy atom. The van der Waals surface area contributed by atoms with E-state index >= 15 is 0 Å². The maximum absolute atomic E-state index is 3.54. The van der Waals surface area contributed by atoms with Crippen molar-refractivity contribution in [2.24, 2.45) is 0 Å². The molecule has 1 saturated heterocycles. The molecule has 1 nitrogen and oxygen atoms in total. The zero-order chi connectivity index (χ0) is 10.5. The first kappa shape index (κ1) is 11.0. The van der Waals surface area contributed by atoms with Crippen molar-refractivity contribution in [3.63, 3.8) is 0 Å². The predicted octanol–water partition coefficient (Wildman–Crippen LogP) is 3.23. The fraction of sp³-hybridized carbons (Fsp3) is 0.538. The molecule has 1 fully saturated rings. The average Bonchev–Trinajstić information content (AvgIpc) is 2.74. The molecule has 82 valence electrons. The minimum absolute atomic E-state index is 0.779. The summed E-state index contributed by atoms with van der Waals surface area (Å²) in [6.07, 6.45) is 4.03. The van der Waals surface area contributed by atoms with E-state index < -0.39 is 0 Å². The molecule has 1 aliphatic rings. The molecule has 1 N–H and O–H groups in total. The summed E-state index contributed by atoms with van der Waals surface area (Å²) < 4.78 is 0. The van der Waals surface area contributed by atoms with Gasteiger partial charge in [-0.2, -0.15) is 0 Å². The largest absolute Gasteiger partial charge is 0.314 e. The smallest absolute Gasteiger partial charge is 0.0101 e. The fourth-order valence-corrected chi connectivity index (χ4v) is 3.13. The first-order valence-electron chi connectivity index (χ1n) is 5.78. The molecule has 1 aliphatic heterocycles. The molecule has 1 unspecified atom stereocenters. The molecule has 1 heterocycles. The number of benzene rings is 1. The van der Waals surface area contributed by atoms with Crippen molar-refractivity contribution < 1.29 is 0 Å². The van der Waals surface area contributed by atoms with E-state index in [0.717, 1.165) is 6.04 Å². The highest BCUT2D eigenvalue weighted by atomic mass is 32.2. The van der Waals surface area contributed by atoms with Crippen LogP contribution < -0.4 is 5.32 Å². The lowest BCUT2D eigenvalue weighted by atomic mass is 10.2. The summed E-state index contributed by atoms with van der Waals surface area (Å²) >= 11 is 1.99. The van der Waals surface area contributed by atoms with Crippen molar-refractivity contribution in [1.29, 1.82) is 0 Å². The molecule has 1 aromatic carbocycles. The van der Waals surface area contributed by atoms with Gasteiger partial charge in [-0.05, 0) is 50.1 Å². The maximum Gasteiger partial charge on any atom is 0.0101 e. The normalized spacial score (nSPS) is 20.7. The number of nitrogens with one attached hydrogen (secondary N) is 1. The highest BCUT2D eigenvalue weighted by Gasteiger charge is 2.13. The van der Waals surface area contributed by atoms with Gasteiger partial charge in [0.05, 0.1) is 0 Å². The SMILES string of the molecule is Cc1ccccc1SCCC1CCCN1. The summed E-state index contributed by atoms with van der Waals surface area (Å²) in [7, 11) is 0. The number of rotatable bonds is 4. The van der Waals surface area contributed by atoms with E-state index in [1.54, 1.807) is 0 Å². The van der Waals surface area contributed by atoms with Crippen molar-refractivity contribution in [2.75, 3.05) is 12.3 Å². The van der Waals surface area contributed by atoms with Crippen LogP contribution in [0, 0.1) is 6.92 Å². The van der Waals surface area contributed by atoms with Crippen LogP contribution in [0.15, 0.2) is 29.2 Å². The molecule has 0 bridgehead atoms. The van der Waals surface area contributed by atoms with Gasteiger partial charge in [0.2, 0.25) is 0 Å². The third kappa shape index (κ3) is 3.25. The second-order valence-corrected chi connectivity index (χ2v) is 5.33. The maximum atomic E-state index is 3.54. The van der Waals surface area contributed by atoms with Crippen molar-refractivity contribution in [1.82, 2.24) is 5.32 Å². The first-order valence-corrected chi connectivity index (χ1v) is 6.76. The molecular formula is C13H19NS. The molecule has 0 spiro atoms. The van der Waals surface area contributed by atoms with Gasteiger partial charge in [0.15, 0.2) is 0 Å². The standard InChI is InChI=1S/C13H19NS/c1-11-5-2-3-7-13(11)15-10-8-12-6-4-9-14-12/h2-3,5,7,12,14H,4,6,8-10H2,1H3. The summed E-state index contributed by atoms with van der Waals surface area (Å²) in [6.45, 7) is 3.41. The number of thioether (sulfide) groups is 1. The molecule has 2 rings (SSSR count). The van der Waals surface area contributed by atoms with Crippen molar-refractivity contribution in [2.45, 2.75) is 37.1 Å². The van der Waals surface area contributed by atoms with Crippen LogP contribution in [0.3, 0.4) is 0 Å². The molecule has 2 heteroatoms. The second-order valence-electron chi connectivity index (χ2n) is 4.20. The lowest BCUT2D eigenvalue weighted by Crippen LogP contribution is -2.21. The summed E-state index contributed by atoms with van der Waals surface area (Å²) in [5.41, 5.74) is 1.40. The molecule has 1 atom stereocenters. The lowest BCUT2D eigenvalue weighted by Gasteiger charge is -2.10. The van der Waals surface area contributed by atoms with E-state index in [9.17, 15) is 0 Å². The van der Waals surface area contributed by atoms with Crippen molar-refractivity contribution in [3.8, 4) is 0 Å². The van der Waals surface area contributed by atoms with Crippen LogP contribution >= 0.6 is 11.8 Å². The third-order valence-corrected chi connectivity index (χ3v) is 4.19. The van der Waals surface area contributed by atoms with Crippen molar-refractivity contribution in [3.05, 3.63) is 29.8 Å². The Morgan fingerprint density at radius 1 is 1.40 bits per heavy atom. The van der Waals surface area contributed by atoms with E-state index in [0.29, 0.717) is 0 Å². The van der Waals surface area contributed by atoms with E-state index in [1.807, 2.05) is 11.8 Å². The number of aryl methyl sites for hydroxylation is 1. The Kier molecular flexibility index (Phi) is 4.09. The van der Waals surface area contributed by atoms with E-state index in [-0.39, 0.29) is 0 Å². The van der Waals surface area contributed by atoms with Crippen molar-refractivity contribution >= 4 is 11.8 Å². The molecule has 0 radical (unpaired) electrons. The van der Waals surface area contributed by atoms with Gasteiger partial charge in [-0.15, -0.1) is 11.8 Å². The third-order valence-electron chi connectivity index (χ3n) is 2.98. The minimum Gasteiger partial charge on any atom is -0.314 e. The summed E-state index contributed by atoms with van der Waals surface area (Å²) in [6, 6.07) is 9.43. The molecule has 0 saturated carbocycles. The van der Waals surface area contributed by atoms with Gasteiger partial charge in [0.25, 0.3) is 0 Å². The Labute approximate surface area is 96.7 Å². The number of hydrogen-bond acceptors (Lipinski definition) is 2. The summed E-state index contributed by atoms with van der Waals surface area (Å²) in [5.74, 6) is 1.24. The zero-order valence-electron chi connectivity index (χ0n) is 9.33. The van der Waals surface area contributed by atoms with Gasteiger partial charge in [-0.3, -0.25) is 0 Å². The Morgan fingerprint density at radius 3 is 3.00 bits per heavy atom. The van der Waals surface area contributed by atoms with Gasteiger partial charge in [-0.25, -0.2) is 0 Å². The molecule has 0 amide bonds. The average molecular weight is 221 g/mol. The minimum atomic E-state index is 0.779.